The van der Waals surface area contributed by atoms with Gasteiger partial charge in [-0.25, -0.2) is 0 Å². The molecule has 116 valence electrons. The quantitative estimate of drug-likeness (QED) is 0.685. The van der Waals surface area contributed by atoms with Crippen LogP contribution in [0.25, 0.3) is 0 Å². The van der Waals surface area contributed by atoms with Gasteiger partial charge in [-0.3, -0.25) is 9.59 Å². The van der Waals surface area contributed by atoms with Crippen LogP contribution in [0.3, 0.4) is 0 Å². The Morgan fingerprint density at radius 2 is 1.95 bits per heavy atom. The number of benzene rings is 1. The van der Waals surface area contributed by atoms with E-state index in [0.29, 0.717) is 32.2 Å². The summed E-state index contributed by atoms with van der Waals surface area (Å²) in [4.78, 5) is 22.3. The van der Waals surface area contributed by atoms with Crippen LogP contribution < -0.4 is 10.1 Å². The van der Waals surface area contributed by atoms with E-state index < -0.39 is 5.97 Å². The van der Waals surface area contributed by atoms with Crippen molar-refractivity contribution in [3.8, 4) is 5.75 Å². The molecule has 0 radical (unpaired) electrons. The van der Waals surface area contributed by atoms with Crippen LogP contribution in [0.2, 0.25) is 0 Å². The van der Waals surface area contributed by atoms with Gasteiger partial charge in [0, 0.05) is 13.0 Å². The van der Waals surface area contributed by atoms with Crippen LogP contribution in [0, 0.1) is 5.92 Å². The highest BCUT2D eigenvalue weighted by Gasteiger charge is 2.10. The number of carboxylic acids is 1. The highest BCUT2D eigenvalue weighted by molar-refractivity contribution is 5.76. The van der Waals surface area contributed by atoms with E-state index in [2.05, 4.69) is 5.32 Å². The molecule has 0 aliphatic carbocycles. The summed E-state index contributed by atoms with van der Waals surface area (Å²) in [7, 11) is 1.62. The van der Waals surface area contributed by atoms with Gasteiger partial charge in [-0.05, 0) is 37.0 Å². The van der Waals surface area contributed by atoms with Gasteiger partial charge in [0.05, 0.1) is 13.0 Å². The molecule has 0 saturated heterocycles. The van der Waals surface area contributed by atoms with Gasteiger partial charge in [-0.2, -0.15) is 0 Å². The zero-order valence-electron chi connectivity index (χ0n) is 12.6. The number of rotatable bonds is 9. The van der Waals surface area contributed by atoms with Crippen molar-refractivity contribution >= 4 is 11.9 Å². The number of aryl methyl sites for hydroxylation is 1. The molecular weight excluding hydrogens is 270 g/mol. The Labute approximate surface area is 125 Å². The number of carbonyl (C=O) groups is 2. The van der Waals surface area contributed by atoms with Crippen molar-refractivity contribution in [3.05, 3.63) is 29.8 Å². The number of amides is 1. The number of nitrogens with one attached hydrogen (secondary N) is 1. The van der Waals surface area contributed by atoms with Crippen LogP contribution in [0.5, 0.6) is 5.75 Å². The van der Waals surface area contributed by atoms with Crippen molar-refractivity contribution in [2.24, 2.45) is 5.92 Å². The molecule has 0 aliphatic rings. The fourth-order valence-corrected chi connectivity index (χ4v) is 1.90. The summed E-state index contributed by atoms with van der Waals surface area (Å²) in [5.74, 6) is -0.355. The first-order valence-corrected chi connectivity index (χ1v) is 7.15. The van der Waals surface area contributed by atoms with Gasteiger partial charge in [0.2, 0.25) is 5.91 Å². The predicted octanol–water partition coefficient (Wildman–Crippen LogP) is 2.24. The van der Waals surface area contributed by atoms with E-state index in [4.69, 9.17) is 9.84 Å². The lowest BCUT2D eigenvalue weighted by Crippen LogP contribution is -2.25. The molecular formula is C16H23NO4. The van der Waals surface area contributed by atoms with E-state index in [1.165, 1.54) is 0 Å². The summed E-state index contributed by atoms with van der Waals surface area (Å²) in [6.45, 7) is 2.20. The third kappa shape index (κ3) is 6.79. The lowest BCUT2D eigenvalue weighted by molar-refractivity contribution is -0.141. The zero-order chi connectivity index (χ0) is 15.7. The molecule has 0 aliphatic heterocycles. The van der Waals surface area contributed by atoms with E-state index in [0.717, 1.165) is 11.3 Å². The molecule has 0 heterocycles. The van der Waals surface area contributed by atoms with Crippen LogP contribution in [0.15, 0.2) is 24.3 Å². The van der Waals surface area contributed by atoms with Crippen molar-refractivity contribution in [1.29, 1.82) is 0 Å². The number of carbonyl (C=O) groups excluding carboxylic acids is 1. The number of ether oxygens (including phenoxy) is 1. The minimum Gasteiger partial charge on any atom is -0.497 e. The van der Waals surface area contributed by atoms with Crippen LogP contribution >= 0.6 is 0 Å². The van der Waals surface area contributed by atoms with Gasteiger partial charge in [0.15, 0.2) is 0 Å². The number of hydrogen-bond donors (Lipinski definition) is 2. The lowest BCUT2D eigenvalue weighted by Gasteiger charge is -2.08. The molecule has 1 atom stereocenters. The molecule has 21 heavy (non-hydrogen) atoms. The molecule has 1 aromatic carbocycles. The largest absolute Gasteiger partial charge is 0.497 e. The topological polar surface area (TPSA) is 75.6 Å². The van der Waals surface area contributed by atoms with Gasteiger partial charge in [0.1, 0.15) is 5.75 Å². The third-order valence-corrected chi connectivity index (χ3v) is 3.36. The van der Waals surface area contributed by atoms with Gasteiger partial charge < -0.3 is 15.2 Å². The molecule has 1 rings (SSSR count). The van der Waals surface area contributed by atoms with Gasteiger partial charge in [0.25, 0.3) is 0 Å². The minimum absolute atomic E-state index is 0.00574. The highest BCUT2D eigenvalue weighted by atomic mass is 16.5. The second kappa shape index (κ2) is 9.00. The maximum Gasteiger partial charge on any atom is 0.306 e. The highest BCUT2D eigenvalue weighted by Crippen LogP contribution is 2.12. The summed E-state index contributed by atoms with van der Waals surface area (Å²) >= 11 is 0. The Morgan fingerprint density at radius 3 is 2.52 bits per heavy atom. The molecule has 0 aromatic heterocycles. The van der Waals surface area contributed by atoms with Crippen molar-refractivity contribution in [3.63, 3.8) is 0 Å². The van der Waals surface area contributed by atoms with Gasteiger partial charge in [-0.15, -0.1) is 0 Å². The Hall–Kier alpha value is -2.04. The Balaban J connectivity index is 2.17. The Kier molecular flexibility index (Phi) is 7.29. The van der Waals surface area contributed by atoms with Gasteiger partial charge in [-0.1, -0.05) is 19.1 Å². The third-order valence-electron chi connectivity index (χ3n) is 3.36. The molecule has 0 fully saturated rings. The second-order valence-electron chi connectivity index (χ2n) is 5.08. The summed E-state index contributed by atoms with van der Waals surface area (Å²) in [6, 6.07) is 7.64. The predicted molar refractivity (Wildman–Crippen MR) is 80.4 cm³/mol. The maximum absolute atomic E-state index is 11.7. The first kappa shape index (κ1) is 17.0. The molecule has 1 aromatic rings. The molecule has 0 bridgehead atoms. The van der Waals surface area contributed by atoms with Crippen LogP contribution in [0.1, 0.15) is 31.7 Å². The number of methoxy groups -OCH3 is 1. The SMILES string of the molecule is COc1ccc(CCC(=O)NCCCC(C)C(=O)O)cc1. The zero-order valence-corrected chi connectivity index (χ0v) is 12.6. The number of hydrogen-bond acceptors (Lipinski definition) is 3. The first-order valence-electron chi connectivity index (χ1n) is 7.15. The number of aliphatic carboxylic acids is 1. The van der Waals surface area contributed by atoms with Crippen molar-refractivity contribution in [2.45, 2.75) is 32.6 Å². The van der Waals surface area contributed by atoms with E-state index >= 15 is 0 Å². The molecule has 5 nitrogen and oxygen atoms in total. The fraction of sp³-hybridized carbons (Fsp3) is 0.500. The van der Waals surface area contributed by atoms with Crippen molar-refractivity contribution in [1.82, 2.24) is 5.32 Å². The smallest absolute Gasteiger partial charge is 0.306 e. The molecule has 2 N–H and O–H groups in total. The standard InChI is InChI=1S/C16H23NO4/c1-12(16(19)20)4-3-11-17-15(18)10-7-13-5-8-14(21-2)9-6-13/h5-6,8-9,12H,3-4,7,10-11H2,1-2H3,(H,17,18)(H,19,20). The van der Waals surface area contributed by atoms with Crippen molar-refractivity contribution in [2.75, 3.05) is 13.7 Å². The average molecular weight is 293 g/mol. The van der Waals surface area contributed by atoms with E-state index in [1.54, 1.807) is 14.0 Å². The number of carboxylic acid groups (broad SMARTS) is 1. The average Bonchev–Trinajstić information content (AvgIpc) is 2.49. The lowest BCUT2D eigenvalue weighted by atomic mass is 10.1. The van der Waals surface area contributed by atoms with Crippen LogP contribution in [0.4, 0.5) is 0 Å². The second-order valence-corrected chi connectivity index (χ2v) is 5.08. The first-order chi connectivity index (χ1) is 10.0. The minimum atomic E-state index is -0.791. The summed E-state index contributed by atoms with van der Waals surface area (Å²) in [6.07, 6.45) is 2.37. The summed E-state index contributed by atoms with van der Waals surface area (Å²) < 4.78 is 5.08. The molecule has 0 saturated carbocycles. The Bertz CT molecular complexity index is 456. The van der Waals surface area contributed by atoms with E-state index in [-0.39, 0.29) is 11.8 Å². The molecule has 0 spiro atoms. The fourth-order valence-electron chi connectivity index (χ4n) is 1.90. The van der Waals surface area contributed by atoms with E-state index in [1.807, 2.05) is 24.3 Å². The summed E-state index contributed by atoms with van der Waals surface area (Å²) in [5.41, 5.74) is 1.09. The normalized spacial score (nSPS) is 11.7. The maximum atomic E-state index is 11.7. The van der Waals surface area contributed by atoms with Gasteiger partial charge >= 0.3 is 5.97 Å². The van der Waals surface area contributed by atoms with Crippen LogP contribution in [-0.2, 0) is 16.0 Å². The van der Waals surface area contributed by atoms with Crippen molar-refractivity contribution < 1.29 is 19.4 Å². The monoisotopic (exact) mass is 293 g/mol. The summed E-state index contributed by atoms with van der Waals surface area (Å²) in [5, 5.41) is 11.6. The van der Waals surface area contributed by atoms with Crippen LogP contribution in [-0.4, -0.2) is 30.6 Å². The molecule has 1 unspecified atom stereocenters. The molecule has 1 amide bonds. The molecule has 5 heteroatoms. The van der Waals surface area contributed by atoms with E-state index in [9.17, 15) is 9.59 Å². The Morgan fingerprint density at radius 1 is 1.29 bits per heavy atom.